The topological polar surface area (TPSA) is 140 Å². The van der Waals surface area contributed by atoms with E-state index < -0.39 is 30.6 Å². The second kappa shape index (κ2) is 7.33. The molecule has 4 N–H and O–H groups in total. The van der Waals surface area contributed by atoms with Crippen LogP contribution in [0, 0.1) is 11.3 Å². The molecule has 1 aromatic heterocycles. The first kappa shape index (κ1) is 18.4. The SMILES string of the molecule is N#CCC1(n2cc(C(N)=O)c(N)n2)CCN(C(=O)OCC(F)F)CC1. The number of nitrogens with two attached hydrogens (primary N) is 2. The summed E-state index contributed by atoms with van der Waals surface area (Å²) in [6.45, 7) is -0.582. The molecule has 0 aliphatic carbocycles. The number of nitrogen functional groups attached to an aromatic ring is 1. The van der Waals surface area contributed by atoms with Crippen molar-refractivity contribution in [2.45, 2.75) is 31.2 Å². The number of nitriles is 1. The highest BCUT2D eigenvalue weighted by molar-refractivity contribution is 5.96. The van der Waals surface area contributed by atoms with Crippen molar-refractivity contribution in [2.75, 3.05) is 25.4 Å². The largest absolute Gasteiger partial charge is 0.443 e. The number of halogens is 2. The second-order valence-electron chi connectivity index (χ2n) is 5.75. The Morgan fingerprint density at radius 2 is 2.08 bits per heavy atom. The molecule has 0 radical (unpaired) electrons. The predicted octanol–water partition coefficient (Wildman–Crippen LogP) is 0.671. The fraction of sp³-hybridized carbons (Fsp3) is 0.571. The van der Waals surface area contributed by atoms with Gasteiger partial charge in [-0.1, -0.05) is 0 Å². The zero-order chi connectivity index (χ0) is 18.6. The van der Waals surface area contributed by atoms with Crippen LogP contribution in [0.1, 0.15) is 29.6 Å². The van der Waals surface area contributed by atoms with Gasteiger partial charge in [-0.2, -0.15) is 10.4 Å². The number of rotatable bonds is 5. The van der Waals surface area contributed by atoms with E-state index in [9.17, 15) is 18.4 Å². The summed E-state index contributed by atoms with van der Waals surface area (Å²) in [4.78, 5) is 24.4. The molecule has 0 bridgehead atoms. The van der Waals surface area contributed by atoms with Crippen LogP contribution in [0.4, 0.5) is 19.4 Å². The Kier molecular flexibility index (Phi) is 5.41. The maximum Gasteiger partial charge on any atom is 0.409 e. The smallest absolute Gasteiger partial charge is 0.409 e. The van der Waals surface area contributed by atoms with Crippen molar-refractivity contribution in [1.29, 1.82) is 5.26 Å². The summed E-state index contributed by atoms with van der Waals surface area (Å²) in [5.41, 5.74) is 10.2. The molecule has 1 saturated heterocycles. The van der Waals surface area contributed by atoms with E-state index in [0.29, 0.717) is 12.8 Å². The summed E-state index contributed by atoms with van der Waals surface area (Å²) in [6, 6.07) is 2.07. The minimum atomic E-state index is -2.73. The molecule has 0 saturated carbocycles. The molecule has 11 heteroatoms. The van der Waals surface area contributed by atoms with Crippen molar-refractivity contribution in [3.8, 4) is 6.07 Å². The van der Waals surface area contributed by atoms with Crippen LogP contribution in [-0.4, -0.2) is 52.8 Å². The van der Waals surface area contributed by atoms with Gasteiger partial charge in [0.2, 0.25) is 0 Å². The quantitative estimate of drug-likeness (QED) is 0.794. The van der Waals surface area contributed by atoms with Gasteiger partial charge < -0.3 is 21.1 Å². The number of primary amides is 1. The van der Waals surface area contributed by atoms with Gasteiger partial charge in [-0.05, 0) is 12.8 Å². The molecule has 1 aliphatic heterocycles. The third kappa shape index (κ3) is 3.96. The monoisotopic (exact) mass is 356 g/mol. The molecular formula is C14H18F2N6O3. The molecule has 0 atom stereocenters. The second-order valence-corrected chi connectivity index (χ2v) is 5.75. The Bertz CT molecular complexity index is 691. The number of anilines is 1. The number of hydrogen-bond acceptors (Lipinski definition) is 6. The van der Waals surface area contributed by atoms with Crippen LogP contribution in [0.3, 0.4) is 0 Å². The lowest BCUT2D eigenvalue weighted by Crippen LogP contribution is -2.48. The van der Waals surface area contributed by atoms with Crippen LogP contribution in [0.5, 0.6) is 0 Å². The average Bonchev–Trinajstić information content (AvgIpc) is 2.96. The Morgan fingerprint density at radius 3 is 2.56 bits per heavy atom. The van der Waals surface area contributed by atoms with Crippen molar-refractivity contribution in [1.82, 2.24) is 14.7 Å². The lowest BCUT2D eigenvalue weighted by molar-refractivity contribution is 0.0203. The van der Waals surface area contributed by atoms with Crippen LogP contribution in [0.25, 0.3) is 0 Å². The van der Waals surface area contributed by atoms with E-state index in [1.807, 2.05) is 0 Å². The van der Waals surface area contributed by atoms with E-state index in [4.69, 9.17) is 16.7 Å². The molecule has 1 fully saturated rings. The molecule has 2 amide bonds. The van der Waals surface area contributed by atoms with E-state index in [1.165, 1.54) is 15.8 Å². The summed E-state index contributed by atoms with van der Waals surface area (Å²) in [7, 11) is 0. The summed E-state index contributed by atoms with van der Waals surface area (Å²) >= 11 is 0. The molecule has 0 spiro atoms. The predicted molar refractivity (Wildman–Crippen MR) is 81.5 cm³/mol. The zero-order valence-corrected chi connectivity index (χ0v) is 13.3. The van der Waals surface area contributed by atoms with Gasteiger partial charge in [0.25, 0.3) is 12.3 Å². The first-order chi connectivity index (χ1) is 11.8. The number of ether oxygens (including phenoxy) is 1. The molecule has 136 valence electrons. The number of nitrogens with zero attached hydrogens (tertiary/aromatic N) is 4. The molecule has 0 aromatic carbocycles. The van der Waals surface area contributed by atoms with E-state index in [1.54, 1.807) is 0 Å². The first-order valence-corrected chi connectivity index (χ1v) is 7.51. The van der Waals surface area contributed by atoms with Gasteiger partial charge >= 0.3 is 6.09 Å². The normalized spacial score (nSPS) is 16.5. The van der Waals surface area contributed by atoms with Crippen LogP contribution in [-0.2, 0) is 10.3 Å². The summed E-state index contributed by atoms with van der Waals surface area (Å²) in [5, 5.41) is 13.2. The van der Waals surface area contributed by atoms with Crippen molar-refractivity contribution in [3.63, 3.8) is 0 Å². The number of amides is 2. The van der Waals surface area contributed by atoms with Crippen LogP contribution < -0.4 is 11.5 Å². The maximum atomic E-state index is 12.1. The Morgan fingerprint density at radius 1 is 1.44 bits per heavy atom. The fourth-order valence-electron chi connectivity index (χ4n) is 2.79. The zero-order valence-electron chi connectivity index (χ0n) is 13.3. The number of aromatic nitrogens is 2. The van der Waals surface area contributed by atoms with Gasteiger partial charge in [-0.3, -0.25) is 9.48 Å². The number of carbonyl (C=O) groups excluding carboxylic acids is 2. The van der Waals surface area contributed by atoms with Gasteiger partial charge in [0, 0.05) is 19.3 Å². The van der Waals surface area contributed by atoms with Crippen LogP contribution in [0.2, 0.25) is 0 Å². The highest BCUT2D eigenvalue weighted by atomic mass is 19.3. The Labute approximate surface area is 142 Å². The number of alkyl halides is 2. The van der Waals surface area contributed by atoms with E-state index in [2.05, 4.69) is 15.9 Å². The van der Waals surface area contributed by atoms with Crippen molar-refractivity contribution in [2.24, 2.45) is 5.73 Å². The maximum absolute atomic E-state index is 12.1. The fourth-order valence-corrected chi connectivity index (χ4v) is 2.79. The van der Waals surface area contributed by atoms with Crippen molar-refractivity contribution in [3.05, 3.63) is 11.8 Å². The van der Waals surface area contributed by atoms with Gasteiger partial charge in [-0.25, -0.2) is 13.6 Å². The third-order valence-electron chi connectivity index (χ3n) is 4.19. The number of hydrogen-bond donors (Lipinski definition) is 2. The number of carbonyl (C=O) groups is 2. The molecule has 2 rings (SSSR count). The van der Waals surface area contributed by atoms with Crippen LogP contribution >= 0.6 is 0 Å². The third-order valence-corrected chi connectivity index (χ3v) is 4.19. The van der Waals surface area contributed by atoms with E-state index in [0.717, 1.165) is 0 Å². The van der Waals surface area contributed by atoms with Gasteiger partial charge in [0.15, 0.2) is 12.4 Å². The molecular weight excluding hydrogens is 338 g/mol. The van der Waals surface area contributed by atoms with Crippen molar-refractivity contribution < 1.29 is 23.1 Å². The lowest BCUT2D eigenvalue weighted by atomic mass is 9.85. The number of likely N-dealkylation sites (tertiary alicyclic amines) is 1. The molecule has 0 unspecified atom stereocenters. The molecule has 1 aromatic rings. The van der Waals surface area contributed by atoms with Crippen molar-refractivity contribution >= 4 is 17.8 Å². The minimum absolute atomic E-state index is 0.0383. The average molecular weight is 356 g/mol. The van der Waals surface area contributed by atoms with E-state index in [-0.39, 0.29) is 30.9 Å². The van der Waals surface area contributed by atoms with Gasteiger partial charge in [-0.15, -0.1) is 0 Å². The summed E-state index contributed by atoms with van der Waals surface area (Å²) in [5.74, 6) is -0.771. The minimum Gasteiger partial charge on any atom is -0.443 e. The Balaban J connectivity index is 2.13. The molecule has 9 nitrogen and oxygen atoms in total. The molecule has 1 aliphatic rings. The lowest BCUT2D eigenvalue weighted by Gasteiger charge is -2.40. The summed E-state index contributed by atoms with van der Waals surface area (Å²) < 4.78 is 30.2. The standard InChI is InChI=1S/C14H18F2N6O3/c15-10(16)8-25-13(24)21-5-2-14(1-4-17,3-6-21)22-7-9(12(19)23)11(18)20-22/h7,10H,1-3,5-6,8H2,(H2,18,20)(H2,19,23). The van der Waals surface area contributed by atoms with Gasteiger partial charge in [0.1, 0.15) is 5.56 Å². The number of piperidine rings is 1. The highest BCUT2D eigenvalue weighted by Crippen LogP contribution is 2.34. The highest BCUT2D eigenvalue weighted by Gasteiger charge is 2.39. The summed E-state index contributed by atoms with van der Waals surface area (Å²) in [6.07, 6.45) is -1.45. The first-order valence-electron chi connectivity index (χ1n) is 7.51. The van der Waals surface area contributed by atoms with E-state index >= 15 is 0 Å². The molecule has 25 heavy (non-hydrogen) atoms. The van der Waals surface area contributed by atoms with Crippen LogP contribution in [0.15, 0.2) is 6.20 Å². The molecule has 2 heterocycles. The Hall–Kier alpha value is -2.90. The van der Waals surface area contributed by atoms with Gasteiger partial charge in [0.05, 0.1) is 18.0 Å².